The van der Waals surface area contributed by atoms with E-state index in [0.29, 0.717) is 35.1 Å². The summed E-state index contributed by atoms with van der Waals surface area (Å²) in [6.07, 6.45) is 1.61. The number of esters is 1. The van der Waals surface area contributed by atoms with E-state index >= 15 is 0 Å². The normalized spacial score (nSPS) is 15.2. The molecular formula is C20H24ClNO4. The molecule has 0 amide bonds. The number of halogens is 1. The van der Waals surface area contributed by atoms with E-state index in [9.17, 15) is 4.79 Å². The lowest BCUT2D eigenvalue weighted by Gasteiger charge is -2.26. The Balaban J connectivity index is 1.73. The summed E-state index contributed by atoms with van der Waals surface area (Å²) in [7, 11) is 0. The predicted molar refractivity (Wildman–Crippen MR) is 101 cm³/mol. The van der Waals surface area contributed by atoms with Gasteiger partial charge in [-0.1, -0.05) is 11.6 Å². The second-order valence-corrected chi connectivity index (χ2v) is 6.67. The first-order chi connectivity index (χ1) is 12.7. The Morgan fingerprint density at radius 2 is 1.96 bits per heavy atom. The van der Waals surface area contributed by atoms with Gasteiger partial charge in [-0.3, -0.25) is 4.90 Å². The van der Waals surface area contributed by atoms with Gasteiger partial charge in [-0.2, -0.15) is 0 Å². The van der Waals surface area contributed by atoms with Crippen LogP contribution in [0.4, 0.5) is 0 Å². The highest BCUT2D eigenvalue weighted by Gasteiger charge is 2.20. The van der Waals surface area contributed by atoms with Crippen LogP contribution in [0.25, 0.3) is 11.3 Å². The van der Waals surface area contributed by atoms with Crippen LogP contribution in [0.15, 0.2) is 34.7 Å². The molecule has 0 radical (unpaired) electrons. The molecule has 0 atom stereocenters. The molecular weight excluding hydrogens is 354 g/mol. The molecule has 1 aliphatic rings. The largest absolute Gasteiger partial charge is 0.462 e. The second-order valence-electron chi connectivity index (χ2n) is 6.23. The van der Waals surface area contributed by atoms with E-state index in [2.05, 4.69) is 4.90 Å². The van der Waals surface area contributed by atoms with Crippen molar-refractivity contribution >= 4 is 17.6 Å². The Kier molecular flexibility index (Phi) is 6.72. The molecule has 2 aromatic rings. The van der Waals surface area contributed by atoms with Gasteiger partial charge < -0.3 is 13.9 Å². The van der Waals surface area contributed by atoms with E-state index in [1.165, 1.54) is 0 Å². The van der Waals surface area contributed by atoms with Gasteiger partial charge in [-0.05, 0) is 50.2 Å². The molecule has 1 aromatic heterocycles. The maximum atomic E-state index is 12.3. The van der Waals surface area contributed by atoms with Crippen molar-refractivity contribution in [1.82, 2.24) is 4.90 Å². The number of aryl methyl sites for hydroxylation is 1. The SMILES string of the molecule is CCOC(=O)c1cc(-c2ccc(Cl)cc2)oc1CCCN1CCOCC1. The molecule has 0 bridgehead atoms. The number of hydrogen-bond acceptors (Lipinski definition) is 5. The van der Waals surface area contributed by atoms with Crippen molar-refractivity contribution in [2.45, 2.75) is 19.8 Å². The fourth-order valence-electron chi connectivity index (χ4n) is 3.04. The van der Waals surface area contributed by atoms with Crippen LogP contribution in [0.1, 0.15) is 29.5 Å². The van der Waals surface area contributed by atoms with E-state index in [4.69, 9.17) is 25.5 Å². The average molecular weight is 378 g/mol. The summed E-state index contributed by atoms with van der Waals surface area (Å²) in [4.78, 5) is 14.7. The quantitative estimate of drug-likeness (QED) is 0.681. The monoisotopic (exact) mass is 377 g/mol. The highest BCUT2D eigenvalue weighted by molar-refractivity contribution is 6.30. The summed E-state index contributed by atoms with van der Waals surface area (Å²) < 4.78 is 16.6. The van der Waals surface area contributed by atoms with Crippen LogP contribution in [-0.2, 0) is 15.9 Å². The van der Waals surface area contributed by atoms with Crippen LogP contribution < -0.4 is 0 Å². The Labute approximate surface area is 158 Å². The van der Waals surface area contributed by atoms with Crippen LogP contribution >= 0.6 is 11.6 Å². The maximum Gasteiger partial charge on any atom is 0.341 e. The van der Waals surface area contributed by atoms with E-state index < -0.39 is 0 Å². The number of rotatable bonds is 7. The minimum Gasteiger partial charge on any atom is -0.462 e. The highest BCUT2D eigenvalue weighted by atomic mass is 35.5. The van der Waals surface area contributed by atoms with Crippen LogP contribution in [0.2, 0.25) is 5.02 Å². The Morgan fingerprint density at radius 1 is 1.23 bits per heavy atom. The first-order valence-electron chi connectivity index (χ1n) is 9.03. The first-order valence-corrected chi connectivity index (χ1v) is 9.41. The average Bonchev–Trinajstić information content (AvgIpc) is 3.08. The number of ether oxygens (including phenoxy) is 2. The molecule has 3 rings (SSSR count). The Hall–Kier alpha value is -1.82. The zero-order valence-electron chi connectivity index (χ0n) is 15.0. The summed E-state index contributed by atoms with van der Waals surface area (Å²) in [6.45, 7) is 6.59. The van der Waals surface area contributed by atoms with Gasteiger partial charge in [0.25, 0.3) is 0 Å². The molecule has 0 saturated carbocycles. The van der Waals surface area contributed by atoms with Crippen LogP contribution in [0.3, 0.4) is 0 Å². The lowest BCUT2D eigenvalue weighted by molar-refractivity contribution is 0.0373. The summed E-state index contributed by atoms with van der Waals surface area (Å²) in [6, 6.07) is 9.15. The summed E-state index contributed by atoms with van der Waals surface area (Å²) in [5.74, 6) is 1.01. The van der Waals surface area contributed by atoms with Gasteiger partial charge in [-0.15, -0.1) is 0 Å². The molecule has 6 heteroatoms. The van der Waals surface area contributed by atoms with Crippen molar-refractivity contribution in [3.8, 4) is 11.3 Å². The number of carbonyl (C=O) groups excluding carboxylic acids is 1. The molecule has 0 unspecified atom stereocenters. The maximum absolute atomic E-state index is 12.3. The van der Waals surface area contributed by atoms with Crippen molar-refractivity contribution in [2.75, 3.05) is 39.5 Å². The van der Waals surface area contributed by atoms with Gasteiger partial charge in [0.15, 0.2) is 0 Å². The molecule has 1 aromatic carbocycles. The van der Waals surface area contributed by atoms with Gasteiger partial charge >= 0.3 is 5.97 Å². The standard InChI is InChI=1S/C20H24ClNO4/c1-2-25-20(23)17-14-19(15-5-7-16(21)8-6-15)26-18(17)4-3-9-22-10-12-24-13-11-22/h5-8,14H,2-4,9-13H2,1H3. The summed E-state index contributed by atoms with van der Waals surface area (Å²) >= 11 is 5.95. The van der Waals surface area contributed by atoms with E-state index in [0.717, 1.165) is 44.8 Å². The van der Waals surface area contributed by atoms with Gasteiger partial charge in [0.2, 0.25) is 0 Å². The topological polar surface area (TPSA) is 51.9 Å². The molecule has 0 spiro atoms. The zero-order valence-corrected chi connectivity index (χ0v) is 15.8. The number of hydrogen-bond donors (Lipinski definition) is 0. The molecule has 0 N–H and O–H groups in total. The van der Waals surface area contributed by atoms with Crippen LogP contribution in [-0.4, -0.2) is 50.3 Å². The zero-order chi connectivity index (χ0) is 18.4. The van der Waals surface area contributed by atoms with Crippen molar-refractivity contribution in [1.29, 1.82) is 0 Å². The second kappa shape index (κ2) is 9.21. The molecule has 5 nitrogen and oxygen atoms in total. The smallest absolute Gasteiger partial charge is 0.341 e. The van der Waals surface area contributed by atoms with Crippen LogP contribution in [0.5, 0.6) is 0 Å². The van der Waals surface area contributed by atoms with E-state index in [1.54, 1.807) is 13.0 Å². The number of carbonyl (C=O) groups is 1. The highest BCUT2D eigenvalue weighted by Crippen LogP contribution is 2.28. The third-order valence-corrected chi connectivity index (χ3v) is 4.67. The summed E-state index contributed by atoms with van der Waals surface area (Å²) in [5, 5.41) is 0.664. The van der Waals surface area contributed by atoms with Crippen LogP contribution in [0, 0.1) is 0 Å². The Bertz CT molecular complexity index is 720. The number of furan rings is 1. The summed E-state index contributed by atoms with van der Waals surface area (Å²) in [5.41, 5.74) is 1.40. The van der Waals surface area contributed by atoms with Gasteiger partial charge in [0.1, 0.15) is 17.1 Å². The first kappa shape index (κ1) is 19.0. The number of nitrogens with zero attached hydrogens (tertiary/aromatic N) is 1. The van der Waals surface area contributed by atoms with Crippen molar-refractivity contribution in [3.63, 3.8) is 0 Å². The lowest BCUT2D eigenvalue weighted by atomic mass is 10.1. The molecule has 2 heterocycles. The number of benzene rings is 1. The molecule has 140 valence electrons. The Morgan fingerprint density at radius 3 is 2.65 bits per heavy atom. The molecule has 0 aliphatic carbocycles. The predicted octanol–water partition coefficient (Wildman–Crippen LogP) is 4.04. The van der Waals surface area contributed by atoms with Gasteiger partial charge in [0, 0.05) is 30.1 Å². The van der Waals surface area contributed by atoms with Crippen molar-refractivity contribution in [2.24, 2.45) is 0 Å². The third kappa shape index (κ3) is 4.87. The number of morpholine rings is 1. The lowest BCUT2D eigenvalue weighted by Crippen LogP contribution is -2.36. The van der Waals surface area contributed by atoms with E-state index in [-0.39, 0.29) is 5.97 Å². The minimum atomic E-state index is -0.335. The third-order valence-electron chi connectivity index (χ3n) is 4.41. The van der Waals surface area contributed by atoms with Crippen molar-refractivity contribution in [3.05, 3.63) is 46.7 Å². The molecule has 1 saturated heterocycles. The van der Waals surface area contributed by atoms with E-state index in [1.807, 2.05) is 24.3 Å². The van der Waals surface area contributed by atoms with Gasteiger partial charge in [-0.25, -0.2) is 4.79 Å². The fourth-order valence-corrected chi connectivity index (χ4v) is 3.17. The molecule has 1 aliphatic heterocycles. The van der Waals surface area contributed by atoms with Crippen molar-refractivity contribution < 1.29 is 18.7 Å². The molecule has 1 fully saturated rings. The van der Waals surface area contributed by atoms with Gasteiger partial charge in [0.05, 0.1) is 19.8 Å². The minimum absolute atomic E-state index is 0.335. The molecule has 26 heavy (non-hydrogen) atoms. The fraction of sp³-hybridized carbons (Fsp3) is 0.450.